The summed E-state index contributed by atoms with van der Waals surface area (Å²) in [5.74, 6) is 1.37. The summed E-state index contributed by atoms with van der Waals surface area (Å²) in [7, 11) is 0.985. The summed E-state index contributed by atoms with van der Waals surface area (Å²) in [5, 5.41) is 0. The average molecular weight is 306 g/mol. The fourth-order valence-corrected chi connectivity index (χ4v) is 5.06. The predicted molar refractivity (Wildman–Crippen MR) is 95.5 cm³/mol. The molecule has 1 unspecified atom stereocenters. The van der Waals surface area contributed by atoms with Crippen LogP contribution in [0.15, 0.2) is 0 Å². The van der Waals surface area contributed by atoms with E-state index in [2.05, 4.69) is 36.8 Å². The normalized spacial score (nSPS) is 12.0. The first-order valence-electron chi connectivity index (χ1n) is 8.47. The third kappa shape index (κ3) is 15.0. The van der Waals surface area contributed by atoms with Gasteiger partial charge in [-0.3, -0.25) is 4.67 Å². The lowest BCUT2D eigenvalue weighted by atomic mass is 10.1. The fourth-order valence-electron chi connectivity index (χ4n) is 2.15. The van der Waals surface area contributed by atoms with Gasteiger partial charge in [0.1, 0.15) is 0 Å². The van der Waals surface area contributed by atoms with E-state index in [1.165, 1.54) is 83.1 Å². The van der Waals surface area contributed by atoms with Crippen LogP contribution >= 0.6 is 19.3 Å². The minimum absolute atomic E-state index is 0.985. The number of unbranched alkanes of at least 4 members (excludes halogenated alkanes) is 9. The molecule has 0 spiro atoms. The van der Waals surface area contributed by atoms with E-state index in [1.54, 1.807) is 0 Å². The summed E-state index contributed by atoms with van der Waals surface area (Å²) in [6, 6.07) is 0. The minimum atomic E-state index is 0.985. The zero-order valence-corrected chi connectivity index (χ0v) is 15.4. The summed E-state index contributed by atoms with van der Waals surface area (Å²) in [5.41, 5.74) is 0. The molecule has 0 radical (unpaired) electrons. The van der Waals surface area contributed by atoms with Crippen molar-refractivity contribution in [2.75, 3.05) is 18.8 Å². The number of hydrogen-bond donors (Lipinski definition) is 0. The second-order valence-corrected chi connectivity index (χ2v) is 8.22. The summed E-state index contributed by atoms with van der Waals surface area (Å²) in [4.78, 5) is 0. The molecule has 0 N–H and O–H groups in total. The van der Waals surface area contributed by atoms with Crippen LogP contribution in [0.3, 0.4) is 0 Å². The van der Waals surface area contributed by atoms with Crippen LogP contribution in [0.2, 0.25) is 0 Å². The van der Waals surface area contributed by atoms with E-state index in [0.717, 1.165) is 7.93 Å². The van der Waals surface area contributed by atoms with E-state index in [4.69, 9.17) is 0 Å². The Morgan fingerprint density at radius 3 is 1.63 bits per heavy atom. The molecule has 3 heteroatoms. The molecule has 0 heterocycles. The van der Waals surface area contributed by atoms with Crippen molar-refractivity contribution in [3.63, 3.8) is 0 Å². The van der Waals surface area contributed by atoms with Crippen molar-refractivity contribution < 1.29 is 0 Å². The van der Waals surface area contributed by atoms with Crippen molar-refractivity contribution in [3.8, 4) is 0 Å². The molecule has 0 aromatic carbocycles. The van der Waals surface area contributed by atoms with Crippen LogP contribution in [0.1, 0.15) is 85.0 Å². The molecule has 1 atom stereocenters. The van der Waals surface area contributed by atoms with Crippen molar-refractivity contribution >= 4 is 19.3 Å². The van der Waals surface area contributed by atoms with Gasteiger partial charge in [-0.25, -0.2) is 0 Å². The lowest BCUT2D eigenvalue weighted by molar-refractivity contribution is 0.522. The minimum Gasteiger partial charge on any atom is -0.277 e. The van der Waals surface area contributed by atoms with E-state index in [-0.39, 0.29) is 0 Å². The second-order valence-electron chi connectivity index (χ2n) is 5.29. The lowest BCUT2D eigenvalue weighted by Gasteiger charge is -2.16. The highest BCUT2D eigenvalue weighted by Gasteiger charge is 1.98. The van der Waals surface area contributed by atoms with Crippen LogP contribution in [0.25, 0.3) is 0 Å². The molecule has 19 heavy (non-hydrogen) atoms. The van der Waals surface area contributed by atoms with Crippen LogP contribution in [0, 0.1) is 0 Å². The molecule has 0 aromatic rings. The average Bonchev–Trinajstić information content (AvgIpc) is 2.44. The van der Waals surface area contributed by atoms with Crippen LogP contribution in [-0.4, -0.2) is 23.5 Å². The predicted octanol–water partition coefficient (Wildman–Crippen LogP) is 6.49. The van der Waals surface area contributed by atoms with Gasteiger partial charge >= 0.3 is 0 Å². The van der Waals surface area contributed by atoms with E-state index in [1.807, 2.05) is 0 Å². The molecule has 0 saturated carbocycles. The standard InChI is InChI=1S/C16H36NPS/c1-4-7-8-9-10-11-12-13-14-15-16-19-18-17(5-2)6-3/h18H,4-16H2,1-3H3. The Hall–Kier alpha value is 0.740. The zero-order valence-electron chi connectivity index (χ0n) is 13.5. The van der Waals surface area contributed by atoms with Crippen LogP contribution in [0.4, 0.5) is 0 Å². The monoisotopic (exact) mass is 305 g/mol. The smallest absolute Gasteiger partial charge is 0.01000 e. The van der Waals surface area contributed by atoms with Crippen molar-refractivity contribution in [2.45, 2.75) is 85.0 Å². The van der Waals surface area contributed by atoms with Crippen molar-refractivity contribution in [1.29, 1.82) is 0 Å². The van der Waals surface area contributed by atoms with Gasteiger partial charge in [0.2, 0.25) is 0 Å². The molecule has 0 bridgehead atoms. The summed E-state index contributed by atoms with van der Waals surface area (Å²) >= 11 is 2.14. The van der Waals surface area contributed by atoms with Gasteiger partial charge in [-0.2, -0.15) is 0 Å². The Bertz CT molecular complexity index is 163. The summed E-state index contributed by atoms with van der Waals surface area (Å²) in [6.45, 7) is 9.23. The maximum absolute atomic E-state index is 2.53. The number of rotatable bonds is 15. The molecule has 0 saturated heterocycles. The molecule has 1 nitrogen and oxygen atoms in total. The number of nitrogens with zero attached hydrogens (tertiary/aromatic N) is 1. The van der Waals surface area contributed by atoms with Gasteiger partial charge in [-0.15, -0.1) is 11.4 Å². The molecule has 116 valence electrons. The second kappa shape index (κ2) is 16.8. The highest BCUT2D eigenvalue weighted by Crippen LogP contribution is 2.33. The molecule has 0 aliphatic heterocycles. The van der Waals surface area contributed by atoms with E-state index in [9.17, 15) is 0 Å². The van der Waals surface area contributed by atoms with Crippen molar-refractivity contribution in [2.24, 2.45) is 0 Å². The molecule has 0 fully saturated rings. The Morgan fingerprint density at radius 1 is 0.684 bits per heavy atom. The molecule has 0 rings (SSSR count). The molecule has 0 aliphatic rings. The van der Waals surface area contributed by atoms with Gasteiger partial charge in [-0.05, 0) is 25.3 Å². The summed E-state index contributed by atoms with van der Waals surface area (Å²) in [6.07, 6.45) is 14.5. The van der Waals surface area contributed by atoms with Gasteiger partial charge in [0.25, 0.3) is 0 Å². The van der Waals surface area contributed by atoms with Gasteiger partial charge < -0.3 is 0 Å². The zero-order chi connectivity index (χ0) is 14.2. The topological polar surface area (TPSA) is 3.24 Å². The van der Waals surface area contributed by atoms with E-state index >= 15 is 0 Å². The Kier molecular flexibility index (Phi) is 17.4. The Morgan fingerprint density at radius 2 is 1.16 bits per heavy atom. The first kappa shape index (κ1) is 19.7. The highest BCUT2D eigenvalue weighted by molar-refractivity contribution is 8.48. The highest BCUT2D eigenvalue weighted by atomic mass is 32.7. The Labute approximate surface area is 128 Å². The molecule has 0 amide bonds. The van der Waals surface area contributed by atoms with E-state index in [0.29, 0.717) is 0 Å². The quantitative estimate of drug-likeness (QED) is 0.251. The molecular formula is C16H36NPS. The largest absolute Gasteiger partial charge is 0.277 e. The number of hydrogen-bond acceptors (Lipinski definition) is 2. The third-order valence-corrected chi connectivity index (χ3v) is 6.84. The Balaban J connectivity index is 3.02. The maximum Gasteiger partial charge on any atom is 0.01000 e. The van der Waals surface area contributed by atoms with Crippen LogP contribution in [0.5, 0.6) is 0 Å². The first-order chi connectivity index (χ1) is 9.35. The van der Waals surface area contributed by atoms with Gasteiger partial charge in [0, 0.05) is 7.93 Å². The van der Waals surface area contributed by atoms with E-state index < -0.39 is 0 Å². The molecular weight excluding hydrogens is 269 g/mol. The van der Waals surface area contributed by atoms with Gasteiger partial charge in [0.05, 0.1) is 0 Å². The fraction of sp³-hybridized carbons (Fsp3) is 1.00. The third-order valence-electron chi connectivity index (χ3n) is 3.56. The first-order valence-corrected chi connectivity index (χ1v) is 11.1. The maximum atomic E-state index is 2.53. The van der Waals surface area contributed by atoms with Crippen LogP contribution in [-0.2, 0) is 0 Å². The van der Waals surface area contributed by atoms with Crippen molar-refractivity contribution in [1.82, 2.24) is 4.67 Å². The van der Waals surface area contributed by atoms with Crippen LogP contribution < -0.4 is 0 Å². The SMILES string of the molecule is CCCCCCCCCCCCSPN(CC)CC. The lowest BCUT2D eigenvalue weighted by Crippen LogP contribution is -2.10. The summed E-state index contributed by atoms with van der Waals surface area (Å²) < 4.78 is 2.53. The molecule has 0 aromatic heterocycles. The molecule has 0 aliphatic carbocycles. The van der Waals surface area contributed by atoms with Gasteiger partial charge in [0.15, 0.2) is 0 Å². The van der Waals surface area contributed by atoms with Gasteiger partial charge in [-0.1, -0.05) is 78.6 Å². The van der Waals surface area contributed by atoms with Crippen molar-refractivity contribution in [3.05, 3.63) is 0 Å².